The Kier molecular flexibility index (Phi) is 6.13. The zero-order valence-electron chi connectivity index (χ0n) is 17.1. The predicted octanol–water partition coefficient (Wildman–Crippen LogP) is 4.95. The van der Waals surface area contributed by atoms with Crippen molar-refractivity contribution in [2.45, 2.75) is 31.3 Å². The van der Waals surface area contributed by atoms with Crippen LogP contribution in [-0.2, 0) is 12.3 Å². The molecular formula is C22H23N5O2S. The van der Waals surface area contributed by atoms with E-state index in [1.54, 1.807) is 18.9 Å². The van der Waals surface area contributed by atoms with Crippen LogP contribution < -0.4 is 4.74 Å². The zero-order valence-corrected chi connectivity index (χ0v) is 18.0. The van der Waals surface area contributed by atoms with E-state index < -0.39 is 0 Å². The maximum atomic E-state index is 5.43. The van der Waals surface area contributed by atoms with Crippen molar-refractivity contribution in [2.75, 3.05) is 7.11 Å². The van der Waals surface area contributed by atoms with Crippen molar-refractivity contribution in [1.29, 1.82) is 0 Å². The lowest BCUT2D eigenvalue weighted by atomic mass is 10.2. The number of rotatable bonds is 8. The first-order chi connectivity index (χ1) is 14.6. The SMILES string of the molecule is COc1ccc(-c2nnc(SCc3nc(-c4ccccc4)no3)n2CC(C)C)cc1. The molecule has 30 heavy (non-hydrogen) atoms. The highest BCUT2D eigenvalue weighted by atomic mass is 32.2. The molecule has 2 aromatic carbocycles. The summed E-state index contributed by atoms with van der Waals surface area (Å²) in [5, 5.41) is 13.8. The minimum Gasteiger partial charge on any atom is -0.497 e. The average molecular weight is 422 g/mol. The van der Waals surface area contributed by atoms with Crippen LogP contribution in [0.3, 0.4) is 0 Å². The first-order valence-electron chi connectivity index (χ1n) is 9.72. The van der Waals surface area contributed by atoms with Crippen LogP contribution in [0.1, 0.15) is 19.7 Å². The minimum absolute atomic E-state index is 0.449. The number of ether oxygens (including phenoxy) is 1. The highest BCUT2D eigenvalue weighted by Gasteiger charge is 2.17. The van der Waals surface area contributed by atoms with Crippen molar-refractivity contribution in [3.8, 4) is 28.5 Å². The van der Waals surface area contributed by atoms with Crippen molar-refractivity contribution in [1.82, 2.24) is 24.9 Å². The molecule has 154 valence electrons. The lowest BCUT2D eigenvalue weighted by Gasteiger charge is -2.12. The molecule has 4 aromatic rings. The second-order valence-electron chi connectivity index (χ2n) is 7.21. The molecule has 0 fully saturated rings. The van der Waals surface area contributed by atoms with Crippen LogP contribution >= 0.6 is 11.8 Å². The fraction of sp³-hybridized carbons (Fsp3) is 0.273. The topological polar surface area (TPSA) is 78.9 Å². The maximum Gasteiger partial charge on any atom is 0.237 e. The van der Waals surface area contributed by atoms with Crippen LogP contribution in [0.4, 0.5) is 0 Å². The van der Waals surface area contributed by atoms with E-state index in [4.69, 9.17) is 9.26 Å². The van der Waals surface area contributed by atoms with Gasteiger partial charge in [-0.1, -0.05) is 61.1 Å². The summed E-state index contributed by atoms with van der Waals surface area (Å²) in [6.07, 6.45) is 0. The van der Waals surface area contributed by atoms with E-state index in [2.05, 4.69) is 38.8 Å². The van der Waals surface area contributed by atoms with E-state index in [0.717, 1.165) is 34.4 Å². The van der Waals surface area contributed by atoms with E-state index >= 15 is 0 Å². The number of hydrogen-bond donors (Lipinski definition) is 0. The standard InChI is InChI=1S/C22H23N5O2S/c1-15(2)13-27-21(17-9-11-18(28-3)12-10-17)24-25-22(27)30-14-19-23-20(26-29-19)16-7-5-4-6-8-16/h4-12,15H,13-14H2,1-3H3. The van der Waals surface area contributed by atoms with Gasteiger partial charge in [0.1, 0.15) is 5.75 Å². The van der Waals surface area contributed by atoms with Gasteiger partial charge in [-0.2, -0.15) is 4.98 Å². The van der Waals surface area contributed by atoms with Gasteiger partial charge in [0, 0.05) is 17.7 Å². The van der Waals surface area contributed by atoms with E-state index in [1.165, 1.54) is 0 Å². The number of nitrogens with zero attached hydrogens (tertiary/aromatic N) is 5. The third kappa shape index (κ3) is 4.54. The summed E-state index contributed by atoms with van der Waals surface area (Å²) < 4.78 is 12.8. The van der Waals surface area contributed by atoms with E-state index in [-0.39, 0.29) is 0 Å². The molecule has 0 atom stereocenters. The normalized spacial score (nSPS) is 11.2. The Labute approximate surface area is 179 Å². The number of thioether (sulfide) groups is 1. The summed E-state index contributed by atoms with van der Waals surface area (Å²) in [5.41, 5.74) is 1.93. The van der Waals surface area contributed by atoms with Gasteiger partial charge >= 0.3 is 0 Å². The van der Waals surface area contributed by atoms with Gasteiger partial charge in [0.25, 0.3) is 0 Å². The third-order valence-electron chi connectivity index (χ3n) is 4.44. The Hall–Kier alpha value is -3.13. The summed E-state index contributed by atoms with van der Waals surface area (Å²) in [6, 6.07) is 17.6. The quantitative estimate of drug-likeness (QED) is 0.372. The van der Waals surface area contributed by atoms with Gasteiger partial charge in [0.2, 0.25) is 11.7 Å². The van der Waals surface area contributed by atoms with Crippen LogP contribution in [0, 0.1) is 5.92 Å². The van der Waals surface area contributed by atoms with Crippen molar-refractivity contribution in [3.05, 3.63) is 60.5 Å². The molecule has 0 aliphatic rings. The maximum absolute atomic E-state index is 5.43. The van der Waals surface area contributed by atoms with E-state index in [0.29, 0.717) is 23.4 Å². The van der Waals surface area contributed by atoms with Gasteiger partial charge in [-0.15, -0.1) is 10.2 Å². The van der Waals surface area contributed by atoms with Crippen LogP contribution in [0.2, 0.25) is 0 Å². The van der Waals surface area contributed by atoms with Crippen molar-refractivity contribution in [3.63, 3.8) is 0 Å². The second-order valence-corrected chi connectivity index (χ2v) is 8.15. The molecule has 0 unspecified atom stereocenters. The first kappa shape index (κ1) is 20.2. The smallest absolute Gasteiger partial charge is 0.237 e. The summed E-state index contributed by atoms with van der Waals surface area (Å²) in [7, 11) is 1.66. The molecule has 2 heterocycles. The largest absolute Gasteiger partial charge is 0.497 e. The number of aromatic nitrogens is 5. The summed E-state index contributed by atoms with van der Waals surface area (Å²) in [6.45, 7) is 5.17. The van der Waals surface area contributed by atoms with Crippen molar-refractivity contribution >= 4 is 11.8 Å². The Balaban J connectivity index is 1.54. The van der Waals surface area contributed by atoms with Crippen molar-refractivity contribution < 1.29 is 9.26 Å². The molecule has 7 nitrogen and oxygen atoms in total. The predicted molar refractivity (Wildman–Crippen MR) is 116 cm³/mol. The minimum atomic E-state index is 0.449. The number of methoxy groups -OCH3 is 1. The molecule has 2 aromatic heterocycles. The molecule has 0 saturated carbocycles. The van der Waals surface area contributed by atoms with Gasteiger partial charge in [-0.05, 0) is 30.2 Å². The van der Waals surface area contributed by atoms with Gasteiger partial charge in [0.15, 0.2) is 11.0 Å². The molecule has 0 amide bonds. The Bertz CT molecular complexity index is 1090. The molecule has 0 aliphatic heterocycles. The summed E-state index contributed by atoms with van der Waals surface area (Å²) in [4.78, 5) is 4.50. The highest BCUT2D eigenvalue weighted by Crippen LogP contribution is 2.28. The first-order valence-corrected chi connectivity index (χ1v) is 10.7. The highest BCUT2D eigenvalue weighted by molar-refractivity contribution is 7.98. The van der Waals surface area contributed by atoms with Crippen LogP contribution in [0.5, 0.6) is 5.75 Å². The van der Waals surface area contributed by atoms with Crippen molar-refractivity contribution in [2.24, 2.45) is 5.92 Å². The lowest BCUT2D eigenvalue weighted by Crippen LogP contribution is -2.08. The Morgan fingerprint density at radius 1 is 1.00 bits per heavy atom. The summed E-state index contributed by atoms with van der Waals surface area (Å²) >= 11 is 1.54. The van der Waals surface area contributed by atoms with E-state index in [9.17, 15) is 0 Å². The molecular weight excluding hydrogens is 398 g/mol. The Morgan fingerprint density at radius 3 is 2.47 bits per heavy atom. The molecule has 0 radical (unpaired) electrons. The van der Waals surface area contributed by atoms with Crippen LogP contribution in [-0.4, -0.2) is 32.0 Å². The molecule has 0 spiro atoms. The lowest BCUT2D eigenvalue weighted by molar-refractivity contribution is 0.391. The fourth-order valence-corrected chi connectivity index (χ4v) is 3.81. The third-order valence-corrected chi connectivity index (χ3v) is 5.39. The zero-order chi connectivity index (χ0) is 20.9. The molecule has 0 N–H and O–H groups in total. The molecule has 0 bridgehead atoms. The van der Waals surface area contributed by atoms with E-state index in [1.807, 2.05) is 54.6 Å². The molecule has 4 rings (SSSR count). The second kappa shape index (κ2) is 9.13. The number of hydrogen-bond acceptors (Lipinski definition) is 7. The van der Waals surface area contributed by atoms with Crippen LogP contribution in [0.15, 0.2) is 64.3 Å². The Morgan fingerprint density at radius 2 is 1.77 bits per heavy atom. The van der Waals surface area contributed by atoms with Gasteiger partial charge in [-0.25, -0.2) is 0 Å². The van der Waals surface area contributed by atoms with Gasteiger partial charge < -0.3 is 13.8 Å². The number of benzene rings is 2. The molecule has 8 heteroatoms. The van der Waals surface area contributed by atoms with Gasteiger partial charge in [-0.3, -0.25) is 0 Å². The molecule has 0 aliphatic carbocycles. The average Bonchev–Trinajstić information content (AvgIpc) is 3.40. The monoisotopic (exact) mass is 421 g/mol. The summed E-state index contributed by atoms with van der Waals surface area (Å²) in [5.74, 6) is 3.78. The van der Waals surface area contributed by atoms with Gasteiger partial charge in [0.05, 0.1) is 12.9 Å². The molecule has 0 saturated heterocycles. The van der Waals surface area contributed by atoms with Crippen LogP contribution in [0.25, 0.3) is 22.8 Å². The fourth-order valence-electron chi connectivity index (χ4n) is 3.02.